The smallest absolute Gasteiger partial charge is 0.190 e. The number of hydrogen-bond donors (Lipinski definition) is 0. The Morgan fingerprint density at radius 2 is 1.68 bits per heavy atom. The maximum atomic E-state index is 13.0. The van der Waals surface area contributed by atoms with Gasteiger partial charge in [0.2, 0.25) is 0 Å². The van der Waals surface area contributed by atoms with Gasteiger partial charge in [-0.05, 0) is 42.0 Å². The number of aromatic nitrogens is 1. The fourth-order valence-corrected chi connectivity index (χ4v) is 2.30. The van der Waals surface area contributed by atoms with Crippen molar-refractivity contribution in [2.75, 3.05) is 0 Å². The summed E-state index contributed by atoms with van der Waals surface area (Å²) in [5, 5.41) is 0.691. The summed E-state index contributed by atoms with van der Waals surface area (Å²) in [6.45, 7) is 0. The second kappa shape index (κ2) is 4.35. The molecule has 2 aromatic carbocycles. The monoisotopic (exact) mass is 253 g/mol. The molecule has 0 amide bonds. The standard InChI is InChI=1S/C16H12FNO/c1-18-14-5-3-2-4-13(14)16(19)10-15(18)11-6-8-12(17)9-7-11/h2-10H,1H3. The van der Waals surface area contributed by atoms with Gasteiger partial charge in [0.1, 0.15) is 5.82 Å². The minimum Gasteiger partial charge on any atom is -0.343 e. The number of rotatable bonds is 1. The Hall–Kier alpha value is -2.42. The zero-order chi connectivity index (χ0) is 13.4. The summed E-state index contributed by atoms with van der Waals surface area (Å²) in [5.74, 6) is -0.283. The predicted molar refractivity (Wildman–Crippen MR) is 74.6 cm³/mol. The maximum Gasteiger partial charge on any atom is 0.190 e. The van der Waals surface area contributed by atoms with E-state index in [0.717, 1.165) is 16.8 Å². The molecule has 0 atom stereocenters. The van der Waals surface area contributed by atoms with Gasteiger partial charge in [0.15, 0.2) is 5.43 Å². The molecule has 0 unspecified atom stereocenters. The van der Waals surface area contributed by atoms with Crippen LogP contribution in [0.3, 0.4) is 0 Å². The van der Waals surface area contributed by atoms with Crippen molar-refractivity contribution in [1.82, 2.24) is 4.57 Å². The highest BCUT2D eigenvalue weighted by Gasteiger charge is 2.07. The fourth-order valence-electron chi connectivity index (χ4n) is 2.30. The number of fused-ring (bicyclic) bond motifs is 1. The number of nitrogens with zero attached hydrogens (tertiary/aromatic N) is 1. The lowest BCUT2D eigenvalue weighted by Gasteiger charge is -2.12. The van der Waals surface area contributed by atoms with Gasteiger partial charge in [-0.25, -0.2) is 4.39 Å². The lowest BCUT2D eigenvalue weighted by Crippen LogP contribution is -2.08. The van der Waals surface area contributed by atoms with Crippen molar-refractivity contribution >= 4 is 10.9 Å². The second-order valence-electron chi connectivity index (χ2n) is 4.48. The minimum atomic E-state index is -0.283. The van der Waals surface area contributed by atoms with E-state index < -0.39 is 0 Å². The number of hydrogen-bond acceptors (Lipinski definition) is 1. The van der Waals surface area contributed by atoms with E-state index in [2.05, 4.69) is 0 Å². The lowest BCUT2D eigenvalue weighted by atomic mass is 10.1. The molecule has 1 aromatic heterocycles. The highest BCUT2D eigenvalue weighted by molar-refractivity contribution is 5.82. The number of benzene rings is 2. The first-order valence-corrected chi connectivity index (χ1v) is 6.01. The highest BCUT2D eigenvalue weighted by atomic mass is 19.1. The summed E-state index contributed by atoms with van der Waals surface area (Å²) in [6, 6.07) is 15.2. The van der Waals surface area contributed by atoms with E-state index in [0.29, 0.717) is 5.39 Å². The molecule has 0 aliphatic carbocycles. The van der Waals surface area contributed by atoms with Crippen LogP contribution in [0.5, 0.6) is 0 Å². The Morgan fingerprint density at radius 3 is 2.42 bits per heavy atom. The highest BCUT2D eigenvalue weighted by Crippen LogP contribution is 2.21. The Morgan fingerprint density at radius 1 is 1.00 bits per heavy atom. The van der Waals surface area contributed by atoms with Crippen molar-refractivity contribution < 1.29 is 4.39 Å². The summed E-state index contributed by atoms with van der Waals surface area (Å²) in [6.07, 6.45) is 0. The first-order valence-electron chi connectivity index (χ1n) is 6.01. The van der Waals surface area contributed by atoms with Crippen molar-refractivity contribution in [3.63, 3.8) is 0 Å². The zero-order valence-electron chi connectivity index (χ0n) is 10.4. The molecule has 1 heterocycles. The van der Waals surface area contributed by atoms with E-state index in [1.54, 1.807) is 18.2 Å². The molecule has 0 N–H and O–H groups in total. The van der Waals surface area contributed by atoms with Crippen LogP contribution in [0.4, 0.5) is 4.39 Å². The largest absolute Gasteiger partial charge is 0.343 e. The van der Waals surface area contributed by atoms with Crippen LogP contribution in [0, 0.1) is 5.82 Å². The first-order chi connectivity index (χ1) is 9.16. The molecule has 3 rings (SSSR count). The molecule has 0 spiro atoms. The third kappa shape index (κ3) is 1.93. The van der Waals surface area contributed by atoms with Gasteiger partial charge in [-0.15, -0.1) is 0 Å². The van der Waals surface area contributed by atoms with E-state index >= 15 is 0 Å². The van der Waals surface area contributed by atoms with Crippen molar-refractivity contribution in [1.29, 1.82) is 0 Å². The molecule has 0 aliphatic rings. The summed E-state index contributed by atoms with van der Waals surface area (Å²) < 4.78 is 14.9. The summed E-state index contributed by atoms with van der Waals surface area (Å²) in [4.78, 5) is 12.1. The molecular formula is C16H12FNO. The average molecular weight is 253 g/mol. The van der Waals surface area contributed by atoms with E-state index in [1.165, 1.54) is 12.1 Å². The van der Waals surface area contributed by atoms with Crippen LogP contribution in [0.25, 0.3) is 22.2 Å². The Balaban J connectivity index is 2.33. The normalized spacial score (nSPS) is 10.8. The van der Waals surface area contributed by atoms with Gasteiger partial charge in [0, 0.05) is 18.5 Å². The van der Waals surface area contributed by atoms with Crippen molar-refractivity contribution in [3.05, 3.63) is 70.6 Å². The van der Waals surface area contributed by atoms with Crippen LogP contribution in [0.2, 0.25) is 0 Å². The molecule has 0 bridgehead atoms. The Kier molecular flexibility index (Phi) is 2.67. The van der Waals surface area contributed by atoms with Crippen LogP contribution in [-0.2, 0) is 7.05 Å². The van der Waals surface area contributed by atoms with Crippen molar-refractivity contribution in [2.45, 2.75) is 0 Å². The molecule has 0 fully saturated rings. The van der Waals surface area contributed by atoms with Crippen LogP contribution >= 0.6 is 0 Å². The molecule has 3 heteroatoms. The molecule has 0 saturated heterocycles. The van der Waals surface area contributed by atoms with Gasteiger partial charge in [-0.1, -0.05) is 12.1 Å². The molecule has 0 radical (unpaired) electrons. The SMILES string of the molecule is Cn1c(-c2ccc(F)cc2)cc(=O)c2ccccc21. The predicted octanol–water partition coefficient (Wildman–Crippen LogP) is 3.34. The van der Waals surface area contributed by atoms with Crippen molar-refractivity contribution in [2.24, 2.45) is 7.05 Å². The first kappa shape index (κ1) is 11.7. The zero-order valence-corrected chi connectivity index (χ0v) is 10.4. The molecule has 0 saturated carbocycles. The third-order valence-electron chi connectivity index (χ3n) is 3.30. The van der Waals surface area contributed by atoms with E-state index in [9.17, 15) is 9.18 Å². The molecule has 19 heavy (non-hydrogen) atoms. The van der Waals surface area contributed by atoms with Crippen LogP contribution in [0.1, 0.15) is 0 Å². The number of aryl methyl sites for hydroxylation is 1. The third-order valence-corrected chi connectivity index (χ3v) is 3.30. The quantitative estimate of drug-likeness (QED) is 0.652. The van der Waals surface area contributed by atoms with Crippen molar-refractivity contribution in [3.8, 4) is 11.3 Å². The van der Waals surface area contributed by atoms with Crippen LogP contribution < -0.4 is 5.43 Å². The minimum absolute atomic E-state index is 0.0203. The topological polar surface area (TPSA) is 22.0 Å². The molecule has 94 valence electrons. The number of halogens is 1. The Bertz CT molecular complexity index is 803. The second-order valence-corrected chi connectivity index (χ2v) is 4.48. The summed E-state index contributed by atoms with van der Waals surface area (Å²) in [5.41, 5.74) is 2.46. The Labute approximate surface area is 109 Å². The molecule has 3 aromatic rings. The van der Waals surface area contributed by atoms with Gasteiger partial charge in [-0.3, -0.25) is 4.79 Å². The van der Waals surface area contributed by atoms with E-state index in [1.807, 2.05) is 35.9 Å². The van der Waals surface area contributed by atoms with Crippen LogP contribution in [-0.4, -0.2) is 4.57 Å². The summed E-state index contributed by atoms with van der Waals surface area (Å²) >= 11 is 0. The van der Waals surface area contributed by atoms with Gasteiger partial charge in [-0.2, -0.15) is 0 Å². The van der Waals surface area contributed by atoms with E-state index in [4.69, 9.17) is 0 Å². The number of pyridine rings is 1. The van der Waals surface area contributed by atoms with Gasteiger partial charge in [0.25, 0.3) is 0 Å². The summed E-state index contributed by atoms with van der Waals surface area (Å²) in [7, 11) is 1.90. The van der Waals surface area contributed by atoms with Gasteiger partial charge >= 0.3 is 0 Å². The maximum absolute atomic E-state index is 13.0. The van der Waals surface area contributed by atoms with E-state index in [-0.39, 0.29) is 11.2 Å². The molecule has 2 nitrogen and oxygen atoms in total. The molecular weight excluding hydrogens is 241 g/mol. The van der Waals surface area contributed by atoms with Gasteiger partial charge < -0.3 is 4.57 Å². The fraction of sp³-hybridized carbons (Fsp3) is 0.0625. The van der Waals surface area contributed by atoms with Gasteiger partial charge in [0.05, 0.1) is 11.2 Å². The van der Waals surface area contributed by atoms with Crippen LogP contribution in [0.15, 0.2) is 59.4 Å². The molecule has 0 aliphatic heterocycles. The number of para-hydroxylation sites is 1. The lowest BCUT2D eigenvalue weighted by molar-refractivity contribution is 0.628. The average Bonchev–Trinajstić information content (AvgIpc) is 2.44.